The highest BCUT2D eigenvalue weighted by Crippen LogP contribution is 2.21. The Morgan fingerprint density at radius 3 is 2.30 bits per heavy atom. The van der Waals surface area contributed by atoms with Crippen molar-refractivity contribution < 1.29 is 18.3 Å². The minimum Gasteiger partial charge on any atom is -0.478 e. The molecule has 0 radical (unpaired) electrons. The first-order valence-electron chi connectivity index (χ1n) is 5.64. The zero-order valence-electron chi connectivity index (χ0n) is 10.9. The molecule has 2 rings (SSSR count). The van der Waals surface area contributed by atoms with Gasteiger partial charge in [-0.05, 0) is 30.3 Å². The summed E-state index contributed by atoms with van der Waals surface area (Å²) in [4.78, 5) is 10.8. The van der Waals surface area contributed by atoms with Gasteiger partial charge in [0.2, 0.25) is 0 Å². The fraction of sp³-hybridized carbons (Fsp3) is 0.167. The summed E-state index contributed by atoms with van der Waals surface area (Å²) in [6.45, 7) is 0. The lowest BCUT2D eigenvalue weighted by Crippen LogP contribution is -2.27. The van der Waals surface area contributed by atoms with Crippen LogP contribution in [0.2, 0.25) is 0 Å². The Morgan fingerprint density at radius 2 is 1.85 bits per heavy atom. The van der Waals surface area contributed by atoms with Crippen molar-refractivity contribution in [2.24, 2.45) is 7.05 Å². The van der Waals surface area contributed by atoms with Crippen molar-refractivity contribution in [1.29, 1.82) is 0 Å². The normalized spacial score (nSPS) is 11.3. The molecule has 0 aliphatic heterocycles. The number of carbonyl (C=O) groups is 1. The smallest absolute Gasteiger partial charge is 0.335 e. The van der Waals surface area contributed by atoms with Gasteiger partial charge in [-0.3, -0.25) is 8.99 Å². The van der Waals surface area contributed by atoms with Crippen molar-refractivity contribution in [2.75, 3.05) is 11.4 Å². The van der Waals surface area contributed by atoms with Crippen molar-refractivity contribution >= 4 is 21.7 Å². The molecule has 0 amide bonds. The fourth-order valence-corrected chi connectivity index (χ4v) is 2.77. The molecule has 0 bridgehead atoms. The number of hydrogen-bond donors (Lipinski definition) is 1. The molecule has 0 unspecified atom stereocenters. The van der Waals surface area contributed by atoms with Crippen molar-refractivity contribution in [2.45, 2.75) is 5.03 Å². The topological polar surface area (TPSA) is 92.5 Å². The van der Waals surface area contributed by atoms with Gasteiger partial charge in [0, 0.05) is 20.3 Å². The van der Waals surface area contributed by atoms with E-state index in [1.165, 1.54) is 48.3 Å². The van der Waals surface area contributed by atoms with E-state index in [0.29, 0.717) is 5.69 Å². The molecule has 0 spiro atoms. The lowest BCUT2D eigenvalue weighted by atomic mass is 10.2. The summed E-state index contributed by atoms with van der Waals surface area (Å²) in [6.07, 6.45) is 1.54. The first-order chi connectivity index (χ1) is 9.32. The third-order valence-corrected chi connectivity index (χ3v) is 4.47. The Labute approximate surface area is 116 Å². The highest BCUT2D eigenvalue weighted by molar-refractivity contribution is 7.92. The summed E-state index contributed by atoms with van der Waals surface area (Å²) < 4.78 is 27.1. The number of benzene rings is 1. The Morgan fingerprint density at radius 1 is 1.25 bits per heavy atom. The quantitative estimate of drug-likeness (QED) is 0.906. The molecule has 1 N–H and O–H groups in total. The molecule has 2 aromatic rings. The molecule has 1 aromatic carbocycles. The molecule has 0 atom stereocenters. The van der Waals surface area contributed by atoms with Gasteiger partial charge in [0.1, 0.15) is 0 Å². The highest BCUT2D eigenvalue weighted by Gasteiger charge is 2.23. The van der Waals surface area contributed by atoms with Crippen LogP contribution in [0.15, 0.2) is 41.6 Å². The number of sulfonamides is 1. The van der Waals surface area contributed by atoms with Gasteiger partial charge in [0.05, 0.1) is 11.3 Å². The number of rotatable bonds is 4. The van der Waals surface area contributed by atoms with E-state index in [1.54, 1.807) is 7.05 Å². The Kier molecular flexibility index (Phi) is 3.49. The molecule has 0 fully saturated rings. The van der Waals surface area contributed by atoms with Crippen molar-refractivity contribution in [3.8, 4) is 0 Å². The number of anilines is 1. The van der Waals surface area contributed by atoms with E-state index in [2.05, 4.69) is 5.10 Å². The van der Waals surface area contributed by atoms with Gasteiger partial charge < -0.3 is 5.11 Å². The van der Waals surface area contributed by atoms with Gasteiger partial charge in [-0.25, -0.2) is 4.79 Å². The average molecular weight is 295 g/mol. The molecule has 106 valence electrons. The lowest BCUT2D eigenvalue weighted by molar-refractivity contribution is 0.0697. The van der Waals surface area contributed by atoms with E-state index < -0.39 is 16.0 Å². The lowest BCUT2D eigenvalue weighted by Gasteiger charge is -2.18. The molecule has 0 aliphatic rings. The second-order valence-corrected chi connectivity index (χ2v) is 6.07. The van der Waals surface area contributed by atoms with Crippen LogP contribution in [0.4, 0.5) is 5.69 Å². The molecule has 0 aliphatic carbocycles. The summed E-state index contributed by atoms with van der Waals surface area (Å²) in [5, 5.41) is 12.6. The monoisotopic (exact) mass is 295 g/mol. The predicted molar refractivity (Wildman–Crippen MR) is 72.2 cm³/mol. The van der Waals surface area contributed by atoms with Crippen LogP contribution in [0.25, 0.3) is 0 Å². The molecule has 7 nitrogen and oxygen atoms in total. The van der Waals surface area contributed by atoms with Gasteiger partial charge in [0.15, 0.2) is 5.03 Å². The summed E-state index contributed by atoms with van der Waals surface area (Å²) in [7, 11) is -0.736. The minimum absolute atomic E-state index is 0.0650. The van der Waals surface area contributed by atoms with Gasteiger partial charge >= 0.3 is 5.97 Å². The van der Waals surface area contributed by atoms with Gasteiger partial charge in [-0.1, -0.05) is 0 Å². The Balaban J connectivity index is 2.35. The maximum atomic E-state index is 12.3. The molecule has 20 heavy (non-hydrogen) atoms. The van der Waals surface area contributed by atoms with Crippen LogP contribution in [-0.2, 0) is 17.1 Å². The summed E-state index contributed by atoms with van der Waals surface area (Å²) in [5.74, 6) is -1.06. The van der Waals surface area contributed by atoms with Crippen LogP contribution < -0.4 is 4.31 Å². The summed E-state index contributed by atoms with van der Waals surface area (Å²) >= 11 is 0. The number of hydrogen-bond acceptors (Lipinski definition) is 4. The molecule has 8 heteroatoms. The maximum absolute atomic E-state index is 12.3. The van der Waals surface area contributed by atoms with Crippen LogP contribution in [0.3, 0.4) is 0 Å². The van der Waals surface area contributed by atoms with Crippen molar-refractivity contribution in [1.82, 2.24) is 9.78 Å². The largest absolute Gasteiger partial charge is 0.478 e. The van der Waals surface area contributed by atoms with Crippen LogP contribution in [0.5, 0.6) is 0 Å². The van der Waals surface area contributed by atoms with E-state index in [4.69, 9.17) is 5.11 Å². The Hall–Kier alpha value is -2.35. The number of nitrogens with zero attached hydrogens (tertiary/aromatic N) is 3. The number of aromatic carboxylic acids is 1. The first-order valence-corrected chi connectivity index (χ1v) is 7.08. The SMILES string of the molecule is CN(c1ccc(C(=O)O)cc1)S(=O)(=O)c1ccn(C)n1. The second kappa shape index (κ2) is 4.97. The molecule has 0 saturated carbocycles. The fourth-order valence-electron chi connectivity index (χ4n) is 1.62. The number of aromatic nitrogens is 2. The van der Waals surface area contributed by atoms with Crippen LogP contribution in [0.1, 0.15) is 10.4 Å². The number of carboxylic acids is 1. The van der Waals surface area contributed by atoms with Crippen LogP contribution in [-0.4, -0.2) is 36.3 Å². The van der Waals surface area contributed by atoms with E-state index >= 15 is 0 Å². The third kappa shape index (κ3) is 2.50. The van der Waals surface area contributed by atoms with E-state index in [-0.39, 0.29) is 10.6 Å². The Bertz CT molecular complexity index is 734. The summed E-state index contributed by atoms with van der Waals surface area (Å²) in [5.41, 5.74) is 0.457. The van der Waals surface area contributed by atoms with E-state index in [9.17, 15) is 13.2 Å². The van der Waals surface area contributed by atoms with Gasteiger partial charge in [-0.2, -0.15) is 13.5 Å². The standard InChI is InChI=1S/C12H13N3O4S/c1-14-8-7-11(13-14)20(18,19)15(2)10-5-3-9(4-6-10)12(16)17/h3-8H,1-2H3,(H,16,17). The highest BCUT2D eigenvalue weighted by atomic mass is 32.2. The molecular weight excluding hydrogens is 282 g/mol. The molecular formula is C12H13N3O4S. The van der Waals surface area contributed by atoms with E-state index in [1.807, 2.05) is 0 Å². The maximum Gasteiger partial charge on any atom is 0.335 e. The average Bonchev–Trinajstić information content (AvgIpc) is 2.85. The minimum atomic E-state index is -3.75. The molecule has 1 heterocycles. The number of carboxylic acid groups (broad SMARTS) is 1. The summed E-state index contributed by atoms with van der Waals surface area (Å²) in [6, 6.07) is 6.97. The van der Waals surface area contributed by atoms with Crippen LogP contribution >= 0.6 is 0 Å². The van der Waals surface area contributed by atoms with Crippen molar-refractivity contribution in [3.63, 3.8) is 0 Å². The predicted octanol–water partition coefficient (Wildman–Crippen LogP) is 0.943. The first kappa shape index (κ1) is 14.1. The van der Waals surface area contributed by atoms with Crippen molar-refractivity contribution in [3.05, 3.63) is 42.1 Å². The van der Waals surface area contributed by atoms with E-state index in [0.717, 1.165) is 4.31 Å². The zero-order chi connectivity index (χ0) is 14.9. The number of aryl methyl sites for hydroxylation is 1. The van der Waals surface area contributed by atoms with Gasteiger partial charge in [-0.15, -0.1) is 0 Å². The third-order valence-electron chi connectivity index (χ3n) is 2.79. The molecule has 0 saturated heterocycles. The van der Waals surface area contributed by atoms with Gasteiger partial charge in [0.25, 0.3) is 10.0 Å². The molecule has 1 aromatic heterocycles. The second-order valence-electron chi connectivity index (χ2n) is 4.15. The zero-order valence-corrected chi connectivity index (χ0v) is 11.7. The van der Waals surface area contributed by atoms with Crippen LogP contribution in [0, 0.1) is 0 Å².